The van der Waals surface area contributed by atoms with Gasteiger partial charge in [0.2, 0.25) is 5.91 Å². The van der Waals surface area contributed by atoms with Gasteiger partial charge in [0.25, 0.3) is 0 Å². The molecule has 0 radical (unpaired) electrons. The second kappa shape index (κ2) is 9.58. The predicted molar refractivity (Wildman–Crippen MR) is 115 cm³/mol. The highest BCUT2D eigenvalue weighted by Gasteiger charge is 2.59. The van der Waals surface area contributed by atoms with E-state index in [4.69, 9.17) is 16.3 Å². The minimum atomic E-state index is -4.86. The molecule has 2 atom stereocenters. The SMILES string of the molecule is CCOC(=O)C1(C)CNNC1(CC(=O)Nc1cccc(OC(F)(F)F)c1)c1ccc(Cl)cc1. The van der Waals surface area contributed by atoms with Crippen LogP contribution in [0.5, 0.6) is 5.75 Å². The first kappa shape index (κ1) is 24.8. The van der Waals surface area contributed by atoms with Crippen LogP contribution >= 0.6 is 11.6 Å². The fourth-order valence-corrected chi connectivity index (χ4v) is 4.01. The molecule has 1 fully saturated rings. The maximum absolute atomic E-state index is 13.1. The molecular formula is C22H23ClF3N3O4. The molecule has 178 valence electrons. The quantitative estimate of drug-likeness (QED) is 0.511. The molecule has 1 aliphatic rings. The largest absolute Gasteiger partial charge is 0.573 e. The lowest BCUT2D eigenvalue weighted by Crippen LogP contribution is -2.55. The van der Waals surface area contributed by atoms with Gasteiger partial charge in [0, 0.05) is 23.3 Å². The Balaban J connectivity index is 1.92. The van der Waals surface area contributed by atoms with Crippen LogP contribution in [0.25, 0.3) is 0 Å². The molecule has 0 spiro atoms. The molecule has 1 amide bonds. The second-order valence-electron chi connectivity index (χ2n) is 7.74. The van der Waals surface area contributed by atoms with Crippen LogP contribution in [0.15, 0.2) is 48.5 Å². The molecule has 0 saturated carbocycles. The fraction of sp³-hybridized carbons (Fsp3) is 0.364. The Morgan fingerprint density at radius 2 is 1.88 bits per heavy atom. The minimum Gasteiger partial charge on any atom is -0.465 e. The highest BCUT2D eigenvalue weighted by Crippen LogP contribution is 2.46. The summed E-state index contributed by atoms with van der Waals surface area (Å²) in [6.45, 7) is 3.70. The highest BCUT2D eigenvalue weighted by atomic mass is 35.5. The number of hydrogen-bond acceptors (Lipinski definition) is 6. The number of carbonyl (C=O) groups excluding carboxylic acids is 2. The van der Waals surface area contributed by atoms with Gasteiger partial charge in [-0.3, -0.25) is 15.0 Å². The van der Waals surface area contributed by atoms with Crippen molar-refractivity contribution < 1.29 is 32.2 Å². The van der Waals surface area contributed by atoms with Crippen molar-refractivity contribution >= 4 is 29.2 Å². The van der Waals surface area contributed by atoms with Gasteiger partial charge in [-0.1, -0.05) is 29.8 Å². The van der Waals surface area contributed by atoms with Crippen LogP contribution in [0.1, 0.15) is 25.8 Å². The Morgan fingerprint density at radius 1 is 1.18 bits per heavy atom. The average molecular weight is 486 g/mol. The van der Waals surface area contributed by atoms with Crippen LogP contribution < -0.4 is 20.9 Å². The van der Waals surface area contributed by atoms with E-state index in [9.17, 15) is 22.8 Å². The summed E-state index contributed by atoms with van der Waals surface area (Å²) >= 11 is 6.02. The summed E-state index contributed by atoms with van der Waals surface area (Å²) in [5.74, 6) is -1.52. The van der Waals surface area contributed by atoms with E-state index >= 15 is 0 Å². The third kappa shape index (κ3) is 5.40. The molecule has 33 heavy (non-hydrogen) atoms. The Bertz CT molecular complexity index is 1020. The first-order valence-corrected chi connectivity index (χ1v) is 10.5. The zero-order valence-electron chi connectivity index (χ0n) is 17.9. The van der Waals surface area contributed by atoms with Crippen molar-refractivity contribution in [3.8, 4) is 5.75 Å². The number of nitrogens with one attached hydrogen (secondary N) is 3. The average Bonchev–Trinajstić information content (AvgIpc) is 3.05. The van der Waals surface area contributed by atoms with E-state index in [1.54, 1.807) is 38.1 Å². The molecule has 2 aromatic carbocycles. The molecule has 7 nitrogen and oxygen atoms in total. The smallest absolute Gasteiger partial charge is 0.465 e. The Morgan fingerprint density at radius 3 is 2.52 bits per heavy atom. The number of halogens is 4. The number of anilines is 1. The summed E-state index contributed by atoms with van der Waals surface area (Å²) in [6, 6.07) is 11.6. The monoisotopic (exact) mass is 485 g/mol. The lowest BCUT2D eigenvalue weighted by molar-refractivity contribution is -0.274. The Kier molecular flexibility index (Phi) is 7.20. The van der Waals surface area contributed by atoms with Crippen molar-refractivity contribution in [2.75, 3.05) is 18.5 Å². The van der Waals surface area contributed by atoms with Gasteiger partial charge in [-0.05, 0) is 43.7 Å². The first-order valence-electron chi connectivity index (χ1n) is 10.1. The van der Waals surface area contributed by atoms with Crippen LogP contribution in [0.4, 0.5) is 18.9 Å². The maximum Gasteiger partial charge on any atom is 0.573 e. The zero-order valence-corrected chi connectivity index (χ0v) is 18.6. The lowest BCUT2D eigenvalue weighted by atomic mass is 9.66. The van der Waals surface area contributed by atoms with Crippen LogP contribution in [0, 0.1) is 5.41 Å². The Hall–Kier alpha value is -2.82. The van der Waals surface area contributed by atoms with Crippen LogP contribution in [0.2, 0.25) is 5.02 Å². The van der Waals surface area contributed by atoms with Gasteiger partial charge in [0.15, 0.2) is 0 Å². The number of esters is 1. The van der Waals surface area contributed by atoms with Gasteiger partial charge in [-0.2, -0.15) is 0 Å². The van der Waals surface area contributed by atoms with Crippen molar-refractivity contribution in [1.29, 1.82) is 0 Å². The number of alkyl halides is 3. The van der Waals surface area contributed by atoms with Gasteiger partial charge in [0.1, 0.15) is 11.2 Å². The molecule has 2 unspecified atom stereocenters. The van der Waals surface area contributed by atoms with Crippen LogP contribution in [-0.2, 0) is 19.9 Å². The van der Waals surface area contributed by atoms with Gasteiger partial charge < -0.3 is 14.8 Å². The predicted octanol–water partition coefficient (Wildman–Crippen LogP) is 4.14. The highest BCUT2D eigenvalue weighted by molar-refractivity contribution is 6.30. The molecule has 1 saturated heterocycles. The molecule has 0 aliphatic carbocycles. The molecule has 3 rings (SSSR count). The van der Waals surface area contributed by atoms with Crippen molar-refractivity contribution in [2.45, 2.75) is 32.2 Å². The van der Waals surface area contributed by atoms with Crippen molar-refractivity contribution in [1.82, 2.24) is 10.9 Å². The fourth-order valence-electron chi connectivity index (χ4n) is 3.88. The summed E-state index contributed by atoms with van der Waals surface area (Å²) < 4.78 is 46.7. The summed E-state index contributed by atoms with van der Waals surface area (Å²) in [4.78, 5) is 26.0. The van der Waals surface area contributed by atoms with Gasteiger partial charge >= 0.3 is 12.3 Å². The van der Waals surface area contributed by atoms with Gasteiger partial charge in [-0.25, -0.2) is 5.43 Å². The van der Waals surface area contributed by atoms with Crippen molar-refractivity contribution in [2.24, 2.45) is 5.41 Å². The number of amides is 1. The minimum absolute atomic E-state index is 0.108. The molecule has 2 aromatic rings. The number of rotatable bonds is 7. The van der Waals surface area contributed by atoms with Crippen LogP contribution in [-0.4, -0.2) is 31.4 Å². The van der Waals surface area contributed by atoms with E-state index in [2.05, 4.69) is 20.9 Å². The van der Waals surface area contributed by atoms with E-state index in [0.717, 1.165) is 12.1 Å². The van der Waals surface area contributed by atoms with E-state index in [0.29, 0.717) is 10.6 Å². The Labute approximate surface area is 193 Å². The third-order valence-electron chi connectivity index (χ3n) is 5.53. The molecule has 3 N–H and O–H groups in total. The summed E-state index contributed by atoms with van der Waals surface area (Å²) in [6.07, 6.45) is -5.09. The standard InChI is InChI=1S/C22H23ClF3N3O4/c1-3-32-19(31)20(2)13-27-29-21(20,14-7-9-15(23)10-8-14)12-18(30)28-16-5-4-6-17(11-16)33-22(24,25)26/h4-11,27,29H,3,12-13H2,1-2H3,(H,28,30). The molecular weight excluding hydrogens is 463 g/mol. The topological polar surface area (TPSA) is 88.7 Å². The molecule has 0 aromatic heterocycles. The van der Waals surface area contributed by atoms with Gasteiger partial charge in [-0.15, -0.1) is 13.2 Å². The van der Waals surface area contributed by atoms with Crippen molar-refractivity contribution in [3.63, 3.8) is 0 Å². The van der Waals surface area contributed by atoms with Crippen molar-refractivity contribution in [3.05, 3.63) is 59.1 Å². The molecule has 11 heteroatoms. The maximum atomic E-state index is 13.1. The van der Waals surface area contributed by atoms with E-state index < -0.39 is 34.9 Å². The first-order chi connectivity index (χ1) is 15.5. The normalized spacial score (nSPS) is 22.6. The zero-order chi connectivity index (χ0) is 24.3. The third-order valence-corrected chi connectivity index (χ3v) is 5.78. The molecule has 1 aliphatic heterocycles. The van der Waals surface area contributed by atoms with Gasteiger partial charge in [0.05, 0.1) is 18.6 Å². The lowest BCUT2D eigenvalue weighted by Gasteiger charge is -2.40. The summed E-state index contributed by atoms with van der Waals surface area (Å²) in [5.41, 5.74) is 4.32. The van der Waals surface area contributed by atoms with E-state index in [-0.39, 0.29) is 25.3 Å². The number of hydrazine groups is 1. The second-order valence-corrected chi connectivity index (χ2v) is 8.18. The number of ether oxygens (including phenoxy) is 2. The number of hydrogen-bond donors (Lipinski definition) is 3. The summed E-state index contributed by atoms with van der Waals surface area (Å²) in [5, 5.41) is 3.05. The summed E-state index contributed by atoms with van der Waals surface area (Å²) in [7, 11) is 0. The molecule has 0 bridgehead atoms. The number of benzene rings is 2. The van der Waals surface area contributed by atoms with E-state index in [1.165, 1.54) is 12.1 Å². The van der Waals surface area contributed by atoms with Crippen LogP contribution in [0.3, 0.4) is 0 Å². The number of carbonyl (C=O) groups is 2. The molecule has 1 heterocycles. The van der Waals surface area contributed by atoms with E-state index in [1.807, 2.05) is 0 Å².